The zero-order valence-electron chi connectivity index (χ0n) is 15.6. The first-order valence-corrected chi connectivity index (χ1v) is 10.5. The molecule has 0 atom stereocenters. The molecule has 0 unspecified atom stereocenters. The maximum absolute atomic E-state index is 12.5. The highest BCUT2D eigenvalue weighted by atomic mass is 32.2. The first-order chi connectivity index (χ1) is 12.5. The van der Waals surface area contributed by atoms with E-state index < -0.39 is 27.5 Å². The molecule has 1 heterocycles. The van der Waals surface area contributed by atoms with Crippen LogP contribution in [-0.2, 0) is 19.6 Å². The molecule has 1 N–H and O–H groups in total. The van der Waals surface area contributed by atoms with Crippen molar-refractivity contribution in [1.82, 2.24) is 4.90 Å². The van der Waals surface area contributed by atoms with Crippen molar-refractivity contribution in [3.63, 3.8) is 0 Å². The predicted octanol–water partition coefficient (Wildman–Crippen LogP) is 2.96. The minimum atomic E-state index is -3.70. The maximum atomic E-state index is 12.5. The highest BCUT2D eigenvalue weighted by molar-refractivity contribution is 7.94. The summed E-state index contributed by atoms with van der Waals surface area (Å²) in [6, 6.07) is 9.24. The number of hydrogen-bond donors (Lipinski definition) is 1. The van der Waals surface area contributed by atoms with Gasteiger partial charge in [0.15, 0.2) is 0 Å². The Hall–Kier alpha value is -2.39. The summed E-state index contributed by atoms with van der Waals surface area (Å²) in [5.41, 5.74) is -0.117. The van der Waals surface area contributed by atoms with Crippen LogP contribution in [0.2, 0.25) is 0 Å². The van der Waals surface area contributed by atoms with Gasteiger partial charge in [-0.2, -0.15) is 0 Å². The molecule has 0 saturated carbocycles. The van der Waals surface area contributed by atoms with E-state index in [0.717, 1.165) is 11.3 Å². The second kappa shape index (κ2) is 8.10. The number of ether oxygens (including phenoxy) is 1. The van der Waals surface area contributed by atoms with Gasteiger partial charge in [0.25, 0.3) is 15.9 Å². The van der Waals surface area contributed by atoms with Crippen LogP contribution in [0.1, 0.15) is 31.1 Å². The fraction of sp³-hybridized carbons (Fsp3) is 0.333. The van der Waals surface area contributed by atoms with Crippen LogP contribution in [0.5, 0.6) is 0 Å². The van der Waals surface area contributed by atoms with Crippen LogP contribution in [0.15, 0.2) is 46.0 Å². The third-order valence-corrected chi connectivity index (χ3v) is 6.03. The Balaban J connectivity index is 2.10. The second-order valence-corrected chi connectivity index (χ2v) is 9.72. The van der Waals surface area contributed by atoms with Crippen molar-refractivity contribution in [3.8, 4) is 0 Å². The van der Waals surface area contributed by atoms with Gasteiger partial charge in [0.05, 0.1) is 0 Å². The number of nitrogens with one attached hydrogen (secondary N) is 1. The van der Waals surface area contributed by atoms with Gasteiger partial charge in [-0.05, 0) is 50.4 Å². The standard InChI is InChI=1S/C18H22N2O5S2/c1-18(2,3)25-15(21)12-20(4)17(22)13-7-5-8-14(11-13)19-27(23,24)16-9-6-10-26-16/h5-11,19H,12H2,1-4H3. The number of anilines is 1. The number of likely N-dealkylation sites (N-methyl/N-ethyl adjacent to an activating group) is 1. The third kappa shape index (κ3) is 6.07. The molecule has 2 rings (SSSR count). The number of sulfonamides is 1. The minimum absolute atomic E-state index is 0.182. The van der Waals surface area contributed by atoms with Crippen LogP contribution in [0.3, 0.4) is 0 Å². The van der Waals surface area contributed by atoms with E-state index in [1.165, 1.54) is 24.1 Å². The topological polar surface area (TPSA) is 92.8 Å². The van der Waals surface area contributed by atoms with Crippen molar-refractivity contribution in [2.24, 2.45) is 0 Å². The lowest BCUT2D eigenvalue weighted by Crippen LogP contribution is -2.36. The first-order valence-electron chi connectivity index (χ1n) is 8.12. The van der Waals surface area contributed by atoms with Crippen molar-refractivity contribution in [2.45, 2.75) is 30.6 Å². The molecule has 0 aliphatic carbocycles. The quantitative estimate of drug-likeness (QED) is 0.739. The Labute approximate surface area is 163 Å². The van der Waals surface area contributed by atoms with Gasteiger partial charge in [0, 0.05) is 18.3 Å². The first kappa shape index (κ1) is 20.9. The van der Waals surface area contributed by atoms with Gasteiger partial charge in [-0.1, -0.05) is 12.1 Å². The van der Waals surface area contributed by atoms with Crippen LogP contribution in [0.4, 0.5) is 5.69 Å². The summed E-state index contributed by atoms with van der Waals surface area (Å²) in [4.78, 5) is 25.6. The van der Waals surface area contributed by atoms with Crippen LogP contribution >= 0.6 is 11.3 Å². The summed E-state index contributed by atoms with van der Waals surface area (Å²) in [6.07, 6.45) is 0. The number of benzene rings is 1. The predicted molar refractivity (Wildman–Crippen MR) is 104 cm³/mol. The Bertz CT molecular complexity index is 915. The molecule has 0 aliphatic rings. The number of carbonyl (C=O) groups excluding carboxylic acids is 2. The SMILES string of the molecule is CN(CC(=O)OC(C)(C)C)C(=O)c1cccc(NS(=O)(=O)c2cccs2)c1. The zero-order chi connectivity index (χ0) is 20.2. The summed E-state index contributed by atoms with van der Waals surface area (Å²) in [7, 11) is -2.22. The summed E-state index contributed by atoms with van der Waals surface area (Å²) in [6.45, 7) is 5.03. The van der Waals surface area contributed by atoms with Crippen LogP contribution in [0, 0.1) is 0 Å². The number of nitrogens with zero attached hydrogens (tertiary/aromatic N) is 1. The Morgan fingerprint density at radius 1 is 1.19 bits per heavy atom. The smallest absolute Gasteiger partial charge is 0.326 e. The number of thiophene rings is 1. The molecule has 1 aromatic carbocycles. The van der Waals surface area contributed by atoms with Crippen LogP contribution in [-0.4, -0.2) is 44.4 Å². The molecule has 0 radical (unpaired) electrons. The monoisotopic (exact) mass is 410 g/mol. The van der Waals surface area contributed by atoms with E-state index in [9.17, 15) is 18.0 Å². The Morgan fingerprint density at radius 3 is 2.48 bits per heavy atom. The molecule has 0 bridgehead atoms. The number of rotatable bonds is 6. The molecular formula is C18H22N2O5S2. The fourth-order valence-corrected chi connectivity index (χ4v) is 4.24. The van der Waals surface area contributed by atoms with Gasteiger partial charge in [-0.25, -0.2) is 8.42 Å². The van der Waals surface area contributed by atoms with Crippen LogP contribution < -0.4 is 4.72 Å². The summed E-state index contributed by atoms with van der Waals surface area (Å²) < 4.78 is 32.4. The lowest BCUT2D eigenvalue weighted by Gasteiger charge is -2.22. The van der Waals surface area contributed by atoms with Gasteiger partial charge in [0.2, 0.25) is 0 Å². The number of carbonyl (C=O) groups is 2. The van der Waals surface area contributed by atoms with Gasteiger partial charge in [-0.3, -0.25) is 14.3 Å². The van der Waals surface area contributed by atoms with E-state index in [4.69, 9.17) is 4.74 Å². The number of amides is 1. The van der Waals surface area contributed by atoms with Crippen molar-refractivity contribution >= 4 is 38.9 Å². The minimum Gasteiger partial charge on any atom is -0.459 e. The molecule has 9 heteroatoms. The fourth-order valence-electron chi connectivity index (χ4n) is 2.20. The maximum Gasteiger partial charge on any atom is 0.326 e. The van der Waals surface area contributed by atoms with Crippen molar-refractivity contribution in [3.05, 3.63) is 47.3 Å². The van der Waals surface area contributed by atoms with E-state index in [2.05, 4.69) is 4.72 Å². The van der Waals surface area contributed by atoms with Crippen molar-refractivity contribution in [1.29, 1.82) is 0 Å². The average Bonchev–Trinajstić information content (AvgIpc) is 3.07. The molecule has 27 heavy (non-hydrogen) atoms. The molecule has 0 aliphatic heterocycles. The lowest BCUT2D eigenvalue weighted by atomic mass is 10.2. The largest absolute Gasteiger partial charge is 0.459 e. The summed E-state index contributed by atoms with van der Waals surface area (Å²) in [5.74, 6) is -0.939. The summed E-state index contributed by atoms with van der Waals surface area (Å²) >= 11 is 1.10. The van der Waals surface area contributed by atoms with Gasteiger partial charge >= 0.3 is 5.97 Å². The average molecular weight is 411 g/mol. The molecule has 0 spiro atoms. The molecule has 1 aromatic heterocycles. The highest BCUT2D eigenvalue weighted by Crippen LogP contribution is 2.21. The molecule has 2 aromatic rings. The molecule has 146 valence electrons. The van der Waals surface area contributed by atoms with E-state index in [1.807, 2.05) is 0 Å². The van der Waals surface area contributed by atoms with Crippen LogP contribution in [0.25, 0.3) is 0 Å². The van der Waals surface area contributed by atoms with E-state index >= 15 is 0 Å². The second-order valence-electron chi connectivity index (χ2n) is 6.87. The lowest BCUT2D eigenvalue weighted by molar-refractivity contribution is -0.155. The number of esters is 1. The number of hydrogen-bond acceptors (Lipinski definition) is 6. The normalized spacial score (nSPS) is 11.7. The van der Waals surface area contributed by atoms with Crippen molar-refractivity contribution < 1.29 is 22.7 Å². The zero-order valence-corrected chi connectivity index (χ0v) is 17.2. The Morgan fingerprint density at radius 2 is 1.89 bits per heavy atom. The molecule has 1 amide bonds. The van der Waals surface area contributed by atoms with E-state index in [-0.39, 0.29) is 22.0 Å². The van der Waals surface area contributed by atoms with E-state index in [1.54, 1.807) is 50.4 Å². The van der Waals surface area contributed by atoms with Gasteiger partial charge < -0.3 is 9.64 Å². The van der Waals surface area contributed by atoms with Gasteiger partial charge in [0.1, 0.15) is 16.4 Å². The highest BCUT2D eigenvalue weighted by Gasteiger charge is 2.21. The van der Waals surface area contributed by atoms with Crippen molar-refractivity contribution in [2.75, 3.05) is 18.3 Å². The Kier molecular flexibility index (Phi) is 6.27. The molecule has 7 nitrogen and oxygen atoms in total. The summed E-state index contributed by atoms with van der Waals surface area (Å²) in [5, 5.41) is 1.67. The molecule has 0 saturated heterocycles. The third-order valence-electron chi connectivity index (χ3n) is 3.25. The molecule has 0 fully saturated rings. The van der Waals surface area contributed by atoms with E-state index in [0.29, 0.717) is 0 Å². The molecular weight excluding hydrogens is 388 g/mol. The van der Waals surface area contributed by atoms with Gasteiger partial charge in [-0.15, -0.1) is 11.3 Å².